The minimum Gasteiger partial charge on any atom is -0.354 e. The fraction of sp³-hybridized carbons (Fsp3) is 0.733. The highest BCUT2D eigenvalue weighted by atomic mass is 14.9. The highest BCUT2D eigenvalue weighted by Gasteiger charge is 2.02. The maximum atomic E-state index is 3.60. The van der Waals surface area contributed by atoms with Gasteiger partial charge in [-0.05, 0) is 31.4 Å². The average Bonchev–Trinajstić information content (AvgIpc) is 2.75. The van der Waals surface area contributed by atoms with Crippen molar-refractivity contribution in [2.24, 2.45) is 0 Å². The van der Waals surface area contributed by atoms with Crippen LogP contribution >= 0.6 is 0 Å². The molecular formula is C15H28N2. The summed E-state index contributed by atoms with van der Waals surface area (Å²) in [6, 6.07) is 2.86. The van der Waals surface area contributed by atoms with Crippen LogP contribution in [0.1, 0.15) is 58.4 Å². The molecule has 0 radical (unpaired) electrons. The van der Waals surface area contributed by atoms with Gasteiger partial charge in [-0.2, -0.15) is 0 Å². The normalized spacial score (nSPS) is 12.9. The van der Waals surface area contributed by atoms with E-state index in [1.165, 1.54) is 37.7 Å². The van der Waals surface area contributed by atoms with Gasteiger partial charge >= 0.3 is 0 Å². The Kier molecular flexibility index (Phi) is 7.02. The van der Waals surface area contributed by atoms with Crippen LogP contribution in [-0.2, 0) is 13.1 Å². The third-order valence-electron chi connectivity index (χ3n) is 3.19. The van der Waals surface area contributed by atoms with Gasteiger partial charge in [-0.1, -0.05) is 33.1 Å². The van der Waals surface area contributed by atoms with Gasteiger partial charge in [0.05, 0.1) is 0 Å². The van der Waals surface area contributed by atoms with Gasteiger partial charge in [0.25, 0.3) is 0 Å². The summed E-state index contributed by atoms with van der Waals surface area (Å²) < 4.78 is 2.28. The van der Waals surface area contributed by atoms with Crippen molar-refractivity contribution in [2.75, 3.05) is 0 Å². The van der Waals surface area contributed by atoms with Crippen molar-refractivity contribution >= 4 is 0 Å². The first-order valence-electron chi connectivity index (χ1n) is 7.14. The smallest absolute Gasteiger partial charge is 0.0223 e. The van der Waals surface area contributed by atoms with Crippen LogP contribution in [0.4, 0.5) is 0 Å². The third-order valence-corrected chi connectivity index (χ3v) is 3.19. The van der Waals surface area contributed by atoms with Crippen molar-refractivity contribution in [3.05, 3.63) is 24.0 Å². The van der Waals surface area contributed by atoms with Crippen molar-refractivity contribution in [1.29, 1.82) is 0 Å². The number of nitrogens with zero attached hydrogens (tertiary/aromatic N) is 1. The molecule has 0 spiro atoms. The van der Waals surface area contributed by atoms with E-state index in [0.717, 1.165) is 13.1 Å². The largest absolute Gasteiger partial charge is 0.354 e. The molecule has 1 unspecified atom stereocenters. The van der Waals surface area contributed by atoms with Gasteiger partial charge in [0.2, 0.25) is 0 Å². The van der Waals surface area contributed by atoms with E-state index >= 15 is 0 Å². The lowest BCUT2D eigenvalue weighted by molar-refractivity contribution is 0.487. The van der Waals surface area contributed by atoms with Crippen molar-refractivity contribution < 1.29 is 0 Å². The first-order chi connectivity index (χ1) is 8.26. The molecule has 0 saturated carbocycles. The van der Waals surface area contributed by atoms with Crippen LogP contribution in [0.3, 0.4) is 0 Å². The quantitative estimate of drug-likeness (QED) is 0.642. The summed E-state index contributed by atoms with van der Waals surface area (Å²) in [7, 11) is 0. The van der Waals surface area contributed by atoms with Crippen LogP contribution in [0.5, 0.6) is 0 Å². The van der Waals surface area contributed by atoms with Crippen LogP contribution in [0.25, 0.3) is 0 Å². The number of rotatable bonds is 9. The summed E-state index contributed by atoms with van der Waals surface area (Å²) in [5, 5.41) is 3.60. The fourth-order valence-corrected chi connectivity index (χ4v) is 2.09. The van der Waals surface area contributed by atoms with Crippen molar-refractivity contribution in [3.8, 4) is 0 Å². The highest BCUT2D eigenvalue weighted by molar-refractivity contribution is 5.09. The lowest BCUT2D eigenvalue weighted by Crippen LogP contribution is -2.25. The topological polar surface area (TPSA) is 17.0 Å². The molecule has 0 bridgehead atoms. The number of aryl methyl sites for hydroxylation is 1. The molecule has 98 valence electrons. The van der Waals surface area contributed by atoms with Gasteiger partial charge in [-0.25, -0.2) is 0 Å². The lowest BCUT2D eigenvalue weighted by atomic mass is 10.1. The molecule has 1 aromatic rings. The number of nitrogens with one attached hydrogen (secondary N) is 1. The SMILES string of the molecule is CCCCCC(C)NCc1ccn(CCC)c1. The van der Waals surface area contributed by atoms with Gasteiger partial charge in [-0.15, -0.1) is 0 Å². The van der Waals surface area contributed by atoms with Crippen molar-refractivity contribution in [1.82, 2.24) is 9.88 Å². The molecule has 0 amide bonds. The maximum Gasteiger partial charge on any atom is 0.0223 e. The van der Waals surface area contributed by atoms with Crippen LogP contribution in [-0.4, -0.2) is 10.6 Å². The summed E-state index contributed by atoms with van der Waals surface area (Å²) in [5.74, 6) is 0. The van der Waals surface area contributed by atoms with E-state index in [-0.39, 0.29) is 0 Å². The van der Waals surface area contributed by atoms with Gasteiger partial charge < -0.3 is 9.88 Å². The van der Waals surface area contributed by atoms with E-state index in [9.17, 15) is 0 Å². The zero-order valence-corrected chi connectivity index (χ0v) is 11.7. The number of hydrogen-bond acceptors (Lipinski definition) is 1. The van der Waals surface area contributed by atoms with Gasteiger partial charge in [0.1, 0.15) is 0 Å². The molecule has 1 rings (SSSR count). The molecule has 0 aliphatic heterocycles. The Morgan fingerprint density at radius 3 is 2.76 bits per heavy atom. The number of hydrogen-bond donors (Lipinski definition) is 1. The molecule has 0 aliphatic rings. The summed E-state index contributed by atoms with van der Waals surface area (Å²) in [6.07, 6.45) is 11.0. The molecule has 17 heavy (non-hydrogen) atoms. The molecule has 0 fully saturated rings. The van der Waals surface area contributed by atoms with Crippen molar-refractivity contribution in [3.63, 3.8) is 0 Å². The average molecular weight is 236 g/mol. The number of aromatic nitrogens is 1. The number of unbranched alkanes of at least 4 members (excludes halogenated alkanes) is 2. The third kappa shape index (κ3) is 5.92. The first kappa shape index (κ1) is 14.3. The molecule has 2 heteroatoms. The molecule has 0 aromatic carbocycles. The van der Waals surface area contributed by atoms with Crippen LogP contribution in [0.2, 0.25) is 0 Å². The summed E-state index contributed by atoms with van der Waals surface area (Å²) in [6.45, 7) is 8.90. The molecular weight excluding hydrogens is 208 g/mol. The van der Waals surface area contributed by atoms with Gasteiger partial charge in [0.15, 0.2) is 0 Å². The predicted octanol–water partition coefficient (Wildman–Crippen LogP) is 3.96. The molecule has 0 saturated heterocycles. The van der Waals surface area contributed by atoms with E-state index in [1.54, 1.807) is 0 Å². The summed E-state index contributed by atoms with van der Waals surface area (Å²) >= 11 is 0. The standard InChI is InChI=1S/C15H28N2/c1-4-6-7-8-14(3)16-12-15-9-11-17(13-15)10-5-2/h9,11,13-14,16H,4-8,10,12H2,1-3H3. The van der Waals surface area contributed by atoms with Crippen LogP contribution in [0.15, 0.2) is 18.5 Å². The second-order valence-corrected chi connectivity index (χ2v) is 5.04. The van der Waals surface area contributed by atoms with Gasteiger partial charge in [-0.3, -0.25) is 0 Å². The molecule has 2 nitrogen and oxygen atoms in total. The molecule has 1 atom stereocenters. The summed E-state index contributed by atoms with van der Waals surface area (Å²) in [5.41, 5.74) is 1.40. The Labute approximate surface area is 106 Å². The zero-order chi connectivity index (χ0) is 12.5. The lowest BCUT2D eigenvalue weighted by Gasteiger charge is -2.12. The first-order valence-corrected chi connectivity index (χ1v) is 7.14. The second kappa shape index (κ2) is 8.35. The zero-order valence-electron chi connectivity index (χ0n) is 11.7. The van der Waals surface area contributed by atoms with Crippen LogP contribution < -0.4 is 5.32 Å². The van der Waals surface area contributed by atoms with Gasteiger partial charge in [0, 0.05) is 31.5 Å². The second-order valence-electron chi connectivity index (χ2n) is 5.04. The molecule has 1 N–H and O–H groups in total. The van der Waals surface area contributed by atoms with E-state index in [0.29, 0.717) is 6.04 Å². The Morgan fingerprint density at radius 1 is 1.24 bits per heavy atom. The summed E-state index contributed by atoms with van der Waals surface area (Å²) in [4.78, 5) is 0. The molecule has 1 aromatic heterocycles. The Balaban J connectivity index is 2.19. The monoisotopic (exact) mass is 236 g/mol. The minimum absolute atomic E-state index is 0.635. The Bertz CT molecular complexity index is 291. The maximum absolute atomic E-state index is 3.60. The highest BCUT2D eigenvalue weighted by Crippen LogP contribution is 2.06. The Hall–Kier alpha value is -0.760. The Morgan fingerprint density at radius 2 is 2.06 bits per heavy atom. The van der Waals surface area contributed by atoms with Crippen LogP contribution in [0, 0.1) is 0 Å². The predicted molar refractivity (Wildman–Crippen MR) is 75.2 cm³/mol. The van der Waals surface area contributed by atoms with E-state index in [1.807, 2.05) is 0 Å². The fourth-order valence-electron chi connectivity index (χ4n) is 2.09. The van der Waals surface area contributed by atoms with Crippen molar-refractivity contribution in [2.45, 2.75) is 72.0 Å². The van der Waals surface area contributed by atoms with E-state index < -0.39 is 0 Å². The molecule has 0 aliphatic carbocycles. The van der Waals surface area contributed by atoms with E-state index in [2.05, 4.69) is 49.1 Å². The molecule has 1 heterocycles. The minimum atomic E-state index is 0.635. The van der Waals surface area contributed by atoms with E-state index in [4.69, 9.17) is 0 Å².